The smallest absolute Gasteiger partial charge is 0.0528 e. The Kier molecular flexibility index (Phi) is 1.79. The number of rotatable bonds is 2. The number of para-hydroxylation sites is 1. The molecule has 4 rings (SSSR count). The first-order chi connectivity index (χ1) is 8.34. The average molecular weight is 227 g/mol. The summed E-state index contributed by atoms with van der Waals surface area (Å²) in [4.78, 5) is 0. The predicted octanol–water partition coefficient (Wildman–Crippen LogP) is 2.61. The zero-order valence-electron chi connectivity index (χ0n) is 9.95. The Morgan fingerprint density at radius 2 is 2.18 bits per heavy atom. The molecule has 0 radical (unpaired) electrons. The minimum Gasteiger partial charge on any atom is -0.395 e. The molecule has 0 spiro atoms. The highest BCUT2D eigenvalue weighted by atomic mass is 16.3. The molecular formula is C15H17NO. The zero-order valence-corrected chi connectivity index (χ0v) is 9.95. The second-order valence-corrected chi connectivity index (χ2v) is 5.59. The Morgan fingerprint density at radius 3 is 2.94 bits per heavy atom. The van der Waals surface area contributed by atoms with Crippen molar-refractivity contribution < 1.29 is 5.11 Å². The summed E-state index contributed by atoms with van der Waals surface area (Å²) in [7, 11) is 0. The van der Waals surface area contributed by atoms with Gasteiger partial charge >= 0.3 is 0 Å². The van der Waals surface area contributed by atoms with Crippen LogP contribution in [-0.2, 0) is 18.4 Å². The maximum atomic E-state index is 9.63. The van der Waals surface area contributed by atoms with E-state index in [-0.39, 0.29) is 5.41 Å². The molecule has 1 aromatic carbocycles. The highest BCUT2D eigenvalue weighted by molar-refractivity contribution is 5.88. The fourth-order valence-corrected chi connectivity index (χ4v) is 3.34. The van der Waals surface area contributed by atoms with Crippen LogP contribution in [0.15, 0.2) is 24.4 Å². The van der Waals surface area contributed by atoms with Crippen molar-refractivity contribution in [1.82, 2.24) is 4.57 Å². The normalized spacial score (nSPS) is 20.8. The van der Waals surface area contributed by atoms with Gasteiger partial charge in [0, 0.05) is 23.5 Å². The van der Waals surface area contributed by atoms with Crippen LogP contribution in [0.25, 0.3) is 10.9 Å². The topological polar surface area (TPSA) is 25.2 Å². The lowest BCUT2D eigenvalue weighted by atomic mass is 9.95. The van der Waals surface area contributed by atoms with Crippen LogP contribution in [0.5, 0.6) is 0 Å². The van der Waals surface area contributed by atoms with E-state index in [0.29, 0.717) is 6.61 Å². The van der Waals surface area contributed by atoms with E-state index in [1.807, 2.05) is 0 Å². The van der Waals surface area contributed by atoms with Crippen LogP contribution in [0.3, 0.4) is 0 Å². The van der Waals surface area contributed by atoms with E-state index in [2.05, 4.69) is 29.0 Å². The first-order valence-electron chi connectivity index (χ1n) is 6.56. The van der Waals surface area contributed by atoms with Gasteiger partial charge in [0.1, 0.15) is 0 Å². The molecule has 88 valence electrons. The zero-order chi connectivity index (χ0) is 11.5. The maximum absolute atomic E-state index is 9.63. The molecular weight excluding hydrogens is 210 g/mol. The van der Waals surface area contributed by atoms with E-state index in [1.54, 1.807) is 0 Å². The predicted molar refractivity (Wildman–Crippen MR) is 68.3 cm³/mol. The SMILES string of the molecule is OCC1(c2cn3c4c(cccc24)CCC3)CC1. The van der Waals surface area contributed by atoms with Crippen molar-refractivity contribution in [2.24, 2.45) is 0 Å². The second-order valence-electron chi connectivity index (χ2n) is 5.59. The lowest BCUT2D eigenvalue weighted by Gasteiger charge is -2.14. The van der Waals surface area contributed by atoms with Crippen molar-refractivity contribution in [3.05, 3.63) is 35.5 Å². The first-order valence-corrected chi connectivity index (χ1v) is 6.56. The molecule has 17 heavy (non-hydrogen) atoms. The van der Waals surface area contributed by atoms with Crippen molar-refractivity contribution in [2.45, 2.75) is 37.6 Å². The standard InChI is InChI=1S/C15H17NO/c17-10-15(6-7-15)13-9-16-8-2-4-11-3-1-5-12(13)14(11)16/h1,3,5,9,17H,2,4,6-8,10H2. The molecule has 1 N–H and O–H groups in total. The van der Waals surface area contributed by atoms with Gasteiger partial charge in [-0.25, -0.2) is 0 Å². The van der Waals surface area contributed by atoms with E-state index >= 15 is 0 Å². The largest absolute Gasteiger partial charge is 0.395 e. The Labute approximate surface area is 101 Å². The molecule has 2 aromatic rings. The highest BCUT2D eigenvalue weighted by Gasteiger charge is 2.45. The molecule has 2 heterocycles. The summed E-state index contributed by atoms with van der Waals surface area (Å²) in [6, 6.07) is 6.65. The number of aromatic nitrogens is 1. The van der Waals surface area contributed by atoms with Crippen LogP contribution in [0, 0.1) is 0 Å². The minimum absolute atomic E-state index is 0.0897. The minimum atomic E-state index is 0.0897. The molecule has 0 amide bonds. The molecule has 0 unspecified atom stereocenters. The third kappa shape index (κ3) is 1.19. The Morgan fingerprint density at radius 1 is 1.29 bits per heavy atom. The summed E-state index contributed by atoms with van der Waals surface area (Å²) >= 11 is 0. The second kappa shape index (κ2) is 3.14. The summed E-state index contributed by atoms with van der Waals surface area (Å²) in [5.41, 5.74) is 4.38. The van der Waals surface area contributed by atoms with Gasteiger partial charge in [-0.2, -0.15) is 0 Å². The van der Waals surface area contributed by atoms with Crippen molar-refractivity contribution >= 4 is 10.9 Å². The van der Waals surface area contributed by atoms with Gasteiger partial charge < -0.3 is 9.67 Å². The summed E-state index contributed by atoms with van der Waals surface area (Å²) < 4.78 is 2.40. The molecule has 1 aliphatic heterocycles. The molecule has 0 bridgehead atoms. The number of aliphatic hydroxyl groups excluding tert-OH is 1. The number of benzene rings is 1. The van der Waals surface area contributed by atoms with Gasteiger partial charge in [-0.1, -0.05) is 18.2 Å². The summed E-state index contributed by atoms with van der Waals surface area (Å²) in [5.74, 6) is 0. The van der Waals surface area contributed by atoms with Gasteiger partial charge in [0.15, 0.2) is 0 Å². The van der Waals surface area contributed by atoms with Gasteiger partial charge in [0.25, 0.3) is 0 Å². The van der Waals surface area contributed by atoms with Crippen molar-refractivity contribution in [2.75, 3.05) is 6.61 Å². The van der Waals surface area contributed by atoms with Gasteiger partial charge in [-0.3, -0.25) is 0 Å². The fourth-order valence-electron chi connectivity index (χ4n) is 3.34. The quantitative estimate of drug-likeness (QED) is 0.838. The first kappa shape index (κ1) is 9.72. The number of nitrogens with zero attached hydrogens (tertiary/aromatic N) is 1. The van der Waals surface area contributed by atoms with Crippen LogP contribution in [-0.4, -0.2) is 16.3 Å². The van der Waals surface area contributed by atoms with Crippen molar-refractivity contribution in [1.29, 1.82) is 0 Å². The number of hydrogen-bond acceptors (Lipinski definition) is 1. The van der Waals surface area contributed by atoms with Gasteiger partial charge in [-0.15, -0.1) is 0 Å². The summed E-state index contributed by atoms with van der Waals surface area (Å²) in [6.45, 7) is 1.44. The summed E-state index contributed by atoms with van der Waals surface area (Å²) in [6.07, 6.45) is 7.04. The van der Waals surface area contributed by atoms with Crippen LogP contribution < -0.4 is 0 Å². The molecule has 2 heteroatoms. The van der Waals surface area contributed by atoms with Crippen molar-refractivity contribution in [3.8, 4) is 0 Å². The van der Waals surface area contributed by atoms with E-state index in [1.165, 1.54) is 34.9 Å². The number of aryl methyl sites for hydroxylation is 2. The molecule has 1 aliphatic carbocycles. The monoisotopic (exact) mass is 227 g/mol. The van der Waals surface area contributed by atoms with E-state index in [0.717, 1.165) is 19.4 Å². The molecule has 1 fully saturated rings. The number of hydrogen-bond donors (Lipinski definition) is 1. The fraction of sp³-hybridized carbons (Fsp3) is 0.467. The van der Waals surface area contributed by atoms with Crippen LogP contribution in [0.2, 0.25) is 0 Å². The van der Waals surface area contributed by atoms with Crippen LogP contribution in [0.4, 0.5) is 0 Å². The molecule has 0 saturated heterocycles. The average Bonchev–Trinajstić information content (AvgIpc) is 3.09. The Balaban J connectivity index is 2.04. The molecule has 0 atom stereocenters. The summed E-state index contributed by atoms with van der Waals surface area (Å²) in [5, 5.41) is 11.0. The van der Waals surface area contributed by atoms with Gasteiger partial charge in [0.05, 0.1) is 12.1 Å². The molecule has 2 aliphatic rings. The van der Waals surface area contributed by atoms with E-state index in [9.17, 15) is 5.11 Å². The maximum Gasteiger partial charge on any atom is 0.0528 e. The van der Waals surface area contributed by atoms with Crippen molar-refractivity contribution in [3.63, 3.8) is 0 Å². The Hall–Kier alpha value is -1.28. The van der Waals surface area contributed by atoms with Gasteiger partial charge in [0.2, 0.25) is 0 Å². The lowest BCUT2D eigenvalue weighted by molar-refractivity contribution is 0.255. The third-order valence-corrected chi connectivity index (χ3v) is 4.55. The lowest BCUT2D eigenvalue weighted by Crippen LogP contribution is -2.11. The molecule has 1 saturated carbocycles. The Bertz CT molecular complexity index is 592. The van der Waals surface area contributed by atoms with Crippen LogP contribution >= 0.6 is 0 Å². The molecule has 2 nitrogen and oxygen atoms in total. The molecule has 1 aromatic heterocycles. The van der Waals surface area contributed by atoms with Crippen LogP contribution in [0.1, 0.15) is 30.4 Å². The van der Waals surface area contributed by atoms with Gasteiger partial charge in [-0.05, 0) is 36.8 Å². The number of aliphatic hydroxyl groups is 1. The van der Waals surface area contributed by atoms with E-state index < -0.39 is 0 Å². The highest BCUT2D eigenvalue weighted by Crippen LogP contribution is 2.51. The third-order valence-electron chi connectivity index (χ3n) is 4.55. The van der Waals surface area contributed by atoms with E-state index in [4.69, 9.17) is 0 Å².